The number of carbonyl (C=O) groups is 1. The molecule has 5 nitrogen and oxygen atoms in total. The van der Waals surface area contributed by atoms with Crippen LogP contribution < -0.4 is 5.32 Å². The van der Waals surface area contributed by atoms with Crippen LogP contribution in [0.2, 0.25) is 0 Å². The fraction of sp³-hybridized carbons (Fsp3) is 0.263. The maximum atomic E-state index is 11.6. The lowest BCUT2D eigenvalue weighted by atomic mass is 9.96. The number of hydrogen-bond acceptors (Lipinski definition) is 5. The monoisotopic (exact) mass is 402 g/mol. The molecule has 0 amide bonds. The lowest BCUT2D eigenvalue weighted by Gasteiger charge is -2.18. The van der Waals surface area contributed by atoms with E-state index in [0.29, 0.717) is 12.2 Å². The molecule has 0 aromatic heterocycles. The van der Waals surface area contributed by atoms with Crippen LogP contribution in [0.25, 0.3) is 0 Å². The molecular formula is C19H19BrN2O3. The fourth-order valence-corrected chi connectivity index (χ4v) is 2.78. The van der Waals surface area contributed by atoms with Crippen LogP contribution in [0.15, 0.2) is 46.9 Å². The Hall–Kier alpha value is -2.36. The number of nitrogens with one attached hydrogen (secondary N) is 1. The molecule has 0 aliphatic rings. The van der Waals surface area contributed by atoms with Crippen molar-refractivity contribution in [1.82, 2.24) is 0 Å². The Bertz CT molecular complexity index is 769. The summed E-state index contributed by atoms with van der Waals surface area (Å²) in [6, 6.07) is 15.2. The van der Waals surface area contributed by atoms with Crippen molar-refractivity contribution >= 4 is 33.3 Å². The van der Waals surface area contributed by atoms with E-state index in [2.05, 4.69) is 27.3 Å². The molecule has 2 aromatic rings. The van der Waals surface area contributed by atoms with Gasteiger partial charge in [-0.2, -0.15) is 5.26 Å². The van der Waals surface area contributed by atoms with Crippen molar-refractivity contribution in [3.8, 4) is 6.07 Å². The highest BCUT2D eigenvalue weighted by Gasteiger charge is 2.18. The smallest absolute Gasteiger partial charge is 0.306 e. The van der Waals surface area contributed by atoms with Crippen molar-refractivity contribution in [2.75, 3.05) is 26.1 Å². The van der Waals surface area contributed by atoms with Crippen LogP contribution in [0.4, 0.5) is 11.4 Å². The van der Waals surface area contributed by atoms with Crippen molar-refractivity contribution < 1.29 is 14.3 Å². The molecule has 130 valence electrons. The van der Waals surface area contributed by atoms with Crippen molar-refractivity contribution in [2.24, 2.45) is 0 Å². The first-order valence-electron chi connectivity index (χ1n) is 7.69. The van der Waals surface area contributed by atoms with Gasteiger partial charge in [0.05, 0.1) is 37.5 Å². The third-order valence-electron chi connectivity index (χ3n) is 3.76. The molecule has 0 heterocycles. The van der Waals surface area contributed by atoms with Gasteiger partial charge in [0.1, 0.15) is 0 Å². The van der Waals surface area contributed by atoms with Gasteiger partial charge in [-0.05, 0) is 57.9 Å². The average Bonchev–Trinajstić information content (AvgIpc) is 2.63. The molecule has 0 saturated heterocycles. The zero-order valence-electron chi connectivity index (χ0n) is 14.1. The molecule has 1 atom stereocenters. The molecule has 0 aliphatic heterocycles. The Balaban J connectivity index is 2.25. The molecular weight excluding hydrogens is 384 g/mol. The highest BCUT2D eigenvalue weighted by Crippen LogP contribution is 2.31. The van der Waals surface area contributed by atoms with Crippen molar-refractivity contribution in [2.45, 2.75) is 12.3 Å². The maximum Gasteiger partial charge on any atom is 0.306 e. The summed E-state index contributed by atoms with van der Waals surface area (Å²) < 4.78 is 10.9. The van der Waals surface area contributed by atoms with Crippen LogP contribution >= 0.6 is 15.9 Å². The van der Waals surface area contributed by atoms with Gasteiger partial charge in [-0.3, -0.25) is 4.79 Å². The highest BCUT2D eigenvalue weighted by molar-refractivity contribution is 9.10. The van der Waals surface area contributed by atoms with Gasteiger partial charge in [-0.25, -0.2) is 0 Å². The third-order valence-corrected chi connectivity index (χ3v) is 4.45. The molecule has 0 fully saturated rings. The SMILES string of the molecule is COCC(CC(=O)OC)c1ccc(Br)c(Nc2ccc(C#N)cc2)c1. The number of hydrogen-bond donors (Lipinski definition) is 1. The Morgan fingerprint density at radius 3 is 2.56 bits per heavy atom. The number of halogens is 1. The lowest BCUT2D eigenvalue weighted by molar-refractivity contribution is -0.141. The lowest BCUT2D eigenvalue weighted by Crippen LogP contribution is -2.13. The third kappa shape index (κ3) is 5.31. The van der Waals surface area contributed by atoms with Crippen molar-refractivity contribution in [3.05, 3.63) is 58.1 Å². The van der Waals surface area contributed by atoms with E-state index in [1.165, 1.54) is 7.11 Å². The van der Waals surface area contributed by atoms with E-state index in [0.717, 1.165) is 21.4 Å². The van der Waals surface area contributed by atoms with Crippen LogP contribution in [-0.4, -0.2) is 26.8 Å². The number of anilines is 2. The number of nitriles is 1. The van der Waals surface area contributed by atoms with E-state index in [1.54, 1.807) is 19.2 Å². The highest BCUT2D eigenvalue weighted by atomic mass is 79.9. The summed E-state index contributed by atoms with van der Waals surface area (Å²) in [5.41, 5.74) is 3.32. The molecule has 0 bridgehead atoms. The number of esters is 1. The summed E-state index contributed by atoms with van der Waals surface area (Å²) in [5.74, 6) is -0.362. The summed E-state index contributed by atoms with van der Waals surface area (Å²) in [6.45, 7) is 0.424. The van der Waals surface area contributed by atoms with E-state index < -0.39 is 0 Å². The van der Waals surface area contributed by atoms with Gasteiger partial charge in [-0.15, -0.1) is 0 Å². The first-order chi connectivity index (χ1) is 12.1. The Morgan fingerprint density at radius 2 is 1.96 bits per heavy atom. The first kappa shape index (κ1) is 19.0. The molecule has 25 heavy (non-hydrogen) atoms. The van der Waals surface area contributed by atoms with Gasteiger partial charge in [0, 0.05) is 23.2 Å². The minimum atomic E-state index is -0.272. The predicted molar refractivity (Wildman–Crippen MR) is 99.8 cm³/mol. The largest absolute Gasteiger partial charge is 0.469 e. The molecule has 1 unspecified atom stereocenters. The zero-order chi connectivity index (χ0) is 18.2. The molecule has 0 aliphatic carbocycles. The van der Waals surface area contributed by atoms with Crippen LogP contribution in [0.1, 0.15) is 23.5 Å². The van der Waals surface area contributed by atoms with Gasteiger partial charge < -0.3 is 14.8 Å². The first-order valence-corrected chi connectivity index (χ1v) is 8.49. The van der Waals surface area contributed by atoms with Crippen LogP contribution in [0.3, 0.4) is 0 Å². The van der Waals surface area contributed by atoms with E-state index >= 15 is 0 Å². The van der Waals surface area contributed by atoms with Gasteiger partial charge in [-0.1, -0.05) is 6.07 Å². The normalized spacial score (nSPS) is 11.4. The second kappa shape index (κ2) is 9.21. The minimum Gasteiger partial charge on any atom is -0.469 e. The van der Waals surface area contributed by atoms with Gasteiger partial charge >= 0.3 is 5.97 Å². The predicted octanol–water partition coefficient (Wildman–Crippen LogP) is 4.36. The van der Waals surface area contributed by atoms with Crippen LogP contribution in [-0.2, 0) is 14.3 Å². The standard InChI is InChI=1S/C19H19BrN2O3/c1-24-12-15(10-19(23)25-2)14-5-8-17(20)18(9-14)22-16-6-3-13(11-21)4-7-16/h3-9,15,22H,10,12H2,1-2H3. The molecule has 6 heteroatoms. The number of nitrogens with zero attached hydrogens (tertiary/aromatic N) is 1. The van der Waals surface area contributed by atoms with E-state index in [9.17, 15) is 4.79 Å². The van der Waals surface area contributed by atoms with Crippen LogP contribution in [0, 0.1) is 11.3 Å². The van der Waals surface area contributed by atoms with Crippen molar-refractivity contribution in [1.29, 1.82) is 5.26 Å². The number of carbonyl (C=O) groups excluding carboxylic acids is 1. The summed E-state index contributed by atoms with van der Waals surface area (Å²) >= 11 is 3.53. The van der Waals surface area contributed by atoms with Gasteiger partial charge in [0.2, 0.25) is 0 Å². The quantitative estimate of drug-likeness (QED) is 0.696. The minimum absolute atomic E-state index is 0.0907. The topological polar surface area (TPSA) is 71.3 Å². The molecule has 0 radical (unpaired) electrons. The fourth-order valence-electron chi connectivity index (χ4n) is 2.43. The number of benzene rings is 2. The molecule has 0 spiro atoms. The summed E-state index contributed by atoms with van der Waals surface area (Å²) in [6.07, 6.45) is 0.252. The second-order valence-electron chi connectivity index (χ2n) is 5.49. The maximum absolute atomic E-state index is 11.6. The van der Waals surface area contributed by atoms with E-state index in [4.69, 9.17) is 14.7 Å². The number of ether oxygens (including phenoxy) is 2. The summed E-state index contributed by atoms with van der Waals surface area (Å²) in [4.78, 5) is 11.6. The average molecular weight is 403 g/mol. The van der Waals surface area contributed by atoms with Gasteiger partial charge in [0.25, 0.3) is 0 Å². The number of methoxy groups -OCH3 is 2. The van der Waals surface area contributed by atoms with E-state index in [1.807, 2.05) is 30.3 Å². The Kier molecular flexibility index (Phi) is 6.99. The summed E-state index contributed by atoms with van der Waals surface area (Å²) in [5, 5.41) is 12.2. The van der Waals surface area contributed by atoms with E-state index in [-0.39, 0.29) is 18.3 Å². The Morgan fingerprint density at radius 1 is 1.24 bits per heavy atom. The van der Waals surface area contributed by atoms with Crippen LogP contribution in [0.5, 0.6) is 0 Å². The molecule has 0 saturated carbocycles. The molecule has 2 aromatic carbocycles. The van der Waals surface area contributed by atoms with Crippen molar-refractivity contribution in [3.63, 3.8) is 0 Å². The number of rotatable bonds is 7. The molecule has 1 N–H and O–H groups in total. The molecule has 2 rings (SSSR count). The summed E-state index contributed by atoms with van der Waals surface area (Å²) in [7, 11) is 2.99. The zero-order valence-corrected chi connectivity index (χ0v) is 15.7. The second-order valence-corrected chi connectivity index (χ2v) is 6.34. The Labute approximate surface area is 155 Å². The van der Waals surface area contributed by atoms with Gasteiger partial charge in [0.15, 0.2) is 0 Å².